The molecule has 26 heavy (non-hydrogen) atoms. The molecule has 10 heteroatoms. The number of nitrogens with zero attached hydrogens (tertiary/aromatic N) is 1. The molecule has 2 aromatic carbocycles. The van der Waals surface area contributed by atoms with Crippen LogP contribution in [-0.4, -0.2) is 67.5 Å². The molecule has 0 saturated carbocycles. The Balaban J connectivity index is 2.07. The predicted octanol–water partition coefficient (Wildman–Crippen LogP) is 0.0730. The second-order valence-corrected chi connectivity index (χ2v) is 10.2. The molecule has 1 aliphatic heterocycles. The Kier molecular flexibility index (Phi) is 4.78. The molecule has 0 bridgehead atoms. The van der Waals surface area contributed by atoms with Gasteiger partial charge in [0.25, 0.3) is 0 Å². The number of hydrogen-bond donors (Lipinski definition) is 2. The number of sulfonamides is 1. The van der Waals surface area contributed by atoms with Crippen molar-refractivity contribution in [3.63, 3.8) is 0 Å². The Morgan fingerprint density at radius 3 is 2.35 bits per heavy atom. The lowest BCUT2D eigenvalue weighted by Crippen LogP contribution is -2.48. The summed E-state index contributed by atoms with van der Waals surface area (Å²) in [5, 5.41) is 20.6. The summed E-state index contributed by atoms with van der Waals surface area (Å²) in [6.07, 6.45) is -1.48. The summed E-state index contributed by atoms with van der Waals surface area (Å²) in [7, 11) is -7.98. The minimum atomic E-state index is -4.33. The minimum absolute atomic E-state index is 0.158. The maximum atomic E-state index is 13.0. The molecule has 140 valence electrons. The van der Waals surface area contributed by atoms with Crippen LogP contribution in [0, 0.1) is 0 Å². The fraction of sp³-hybridized carbons (Fsp3) is 0.312. The van der Waals surface area contributed by atoms with Crippen LogP contribution in [0.15, 0.2) is 47.4 Å². The van der Waals surface area contributed by atoms with Crippen LogP contribution in [0.2, 0.25) is 0 Å². The molecule has 1 fully saturated rings. The first-order chi connectivity index (χ1) is 12.1. The smallest absolute Gasteiger partial charge is 0.318 e. The third kappa shape index (κ3) is 3.58. The van der Waals surface area contributed by atoms with E-state index in [2.05, 4.69) is 0 Å². The van der Waals surface area contributed by atoms with Crippen molar-refractivity contribution in [2.24, 2.45) is 0 Å². The van der Waals surface area contributed by atoms with Crippen LogP contribution >= 0.6 is 0 Å². The van der Waals surface area contributed by atoms with Gasteiger partial charge in [-0.25, -0.2) is 16.8 Å². The number of aliphatic carboxylic acids is 1. The van der Waals surface area contributed by atoms with E-state index in [-0.39, 0.29) is 4.90 Å². The molecule has 0 aliphatic carbocycles. The second kappa shape index (κ2) is 6.62. The highest BCUT2D eigenvalue weighted by molar-refractivity contribution is 7.92. The normalized spacial score (nSPS) is 22.7. The Bertz CT molecular complexity index is 1060. The molecule has 3 rings (SSSR count). The molecule has 1 aliphatic rings. The fourth-order valence-electron chi connectivity index (χ4n) is 3.06. The Morgan fingerprint density at radius 1 is 1.12 bits per heavy atom. The maximum Gasteiger partial charge on any atom is 0.318 e. The van der Waals surface area contributed by atoms with Gasteiger partial charge in [-0.05, 0) is 22.9 Å². The van der Waals surface area contributed by atoms with Crippen LogP contribution in [0.3, 0.4) is 0 Å². The van der Waals surface area contributed by atoms with Crippen LogP contribution in [0.25, 0.3) is 10.8 Å². The zero-order valence-electron chi connectivity index (χ0n) is 13.5. The quantitative estimate of drug-likeness (QED) is 0.728. The molecular weight excluding hydrogens is 382 g/mol. The van der Waals surface area contributed by atoms with E-state index in [0.29, 0.717) is 9.69 Å². The summed E-state index contributed by atoms with van der Waals surface area (Å²) in [5.74, 6) is -2.65. The molecule has 0 unspecified atom stereocenters. The predicted molar refractivity (Wildman–Crippen MR) is 93.9 cm³/mol. The zero-order chi connectivity index (χ0) is 19.1. The SMILES string of the molecule is O=C(O)CN([C@@H]1CS(=O)(=O)C[C@@H]1O)S(=O)(=O)c1ccc2ccccc2c1. The lowest BCUT2D eigenvalue weighted by Gasteiger charge is -2.28. The molecule has 2 aromatic rings. The number of hydrogen-bond acceptors (Lipinski definition) is 6. The van der Waals surface area contributed by atoms with Crippen LogP contribution in [-0.2, 0) is 24.7 Å². The first-order valence-electron chi connectivity index (χ1n) is 7.71. The van der Waals surface area contributed by atoms with Crippen LogP contribution in [0.1, 0.15) is 0 Å². The molecule has 0 radical (unpaired) electrons. The van der Waals surface area contributed by atoms with Crippen molar-refractivity contribution in [1.82, 2.24) is 4.31 Å². The summed E-state index contributed by atoms with van der Waals surface area (Å²) in [6.45, 7) is -0.938. The van der Waals surface area contributed by atoms with Crippen LogP contribution < -0.4 is 0 Å². The summed E-state index contributed by atoms with van der Waals surface area (Å²) in [6, 6.07) is 10.0. The number of sulfone groups is 1. The maximum absolute atomic E-state index is 13.0. The van der Waals surface area contributed by atoms with E-state index in [1.165, 1.54) is 12.1 Å². The second-order valence-electron chi connectivity index (χ2n) is 6.16. The number of fused-ring (bicyclic) bond motifs is 1. The third-order valence-corrected chi connectivity index (χ3v) is 7.85. The molecule has 0 aromatic heterocycles. The van der Waals surface area contributed by atoms with Crippen molar-refractivity contribution in [3.05, 3.63) is 42.5 Å². The average molecular weight is 399 g/mol. The first kappa shape index (κ1) is 18.8. The lowest BCUT2D eigenvalue weighted by atomic mass is 10.1. The van der Waals surface area contributed by atoms with Gasteiger partial charge in [-0.3, -0.25) is 4.79 Å². The minimum Gasteiger partial charge on any atom is -0.480 e. The van der Waals surface area contributed by atoms with Gasteiger partial charge < -0.3 is 10.2 Å². The van der Waals surface area contributed by atoms with Crippen molar-refractivity contribution in [2.45, 2.75) is 17.0 Å². The third-order valence-electron chi connectivity index (χ3n) is 4.28. The van der Waals surface area contributed by atoms with Gasteiger partial charge in [0.1, 0.15) is 6.54 Å². The van der Waals surface area contributed by atoms with E-state index in [1.807, 2.05) is 0 Å². The highest BCUT2D eigenvalue weighted by atomic mass is 32.2. The van der Waals surface area contributed by atoms with Gasteiger partial charge in [-0.15, -0.1) is 0 Å². The van der Waals surface area contributed by atoms with Gasteiger partial charge in [-0.2, -0.15) is 4.31 Å². The van der Waals surface area contributed by atoms with Crippen LogP contribution in [0.5, 0.6) is 0 Å². The van der Waals surface area contributed by atoms with E-state index in [1.54, 1.807) is 30.3 Å². The molecular formula is C16H17NO7S2. The Morgan fingerprint density at radius 2 is 1.77 bits per heavy atom. The number of aliphatic hydroxyl groups is 1. The monoisotopic (exact) mass is 399 g/mol. The summed E-state index contributed by atoms with van der Waals surface area (Å²) in [5.41, 5.74) is 0. The number of rotatable bonds is 5. The standard InChI is InChI=1S/C16H17NO7S2/c18-15-10-25(21,22)9-14(15)17(8-16(19)20)26(23,24)13-6-5-11-3-1-2-4-12(11)7-13/h1-7,14-15,18H,8-10H2,(H,19,20)/t14-,15+/m1/s1. The number of carboxylic acid groups (broad SMARTS) is 1. The summed E-state index contributed by atoms with van der Waals surface area (Å²) < 4.78 is 50.1. The molecule has 2 atom stereocenters. The van der Waals surface area contributed by atoms with Crippen molar-refractivity contribution in [3.8, 4) is 0 Å². The topological polar surface area (TPSA) is 129 Å². The van der Waals surface area contributed by atoms with E-state index < -0.39 is 56.0 Å². The highest BCUT2D eigenvalue weighted by Gasteiger charge is 2.45. The van der Waals surface area contributed by atoms with Crippen molar-refractivity contribution < 1.29 is 31.8 Å². The van der Waals surface area contributed by atoms with Gasteiger partial charge in [0.2, 0.25) is 10.0 Å². The molecule has 1 heterocycles. The lowest BCUT2D eigenvalue weighted by molar-refractivity contribution is -0.137. The average Bonchev–Trinajstić information content (AvgIpc) is 2.84. The summed E-state index contributed by atoms with van der Waals surface area (Å²) in [4.78, 5) is 11.0. The van der Waals surface area contributed by atoms with Crippen LogP contribution in [0.4, 0.5) is 0 Å². The molecule has 2 N–H and O–H groups in total. The van der Waals surface area contributed by atoms with Crippen molar-refractivity contribution in [1.29, 1.82) is 0 Å². The number of aliphatic hydroxyl groups excluding tert-OH is 1. The van der Waals surface area contributed by atoms with E-state index in [4.69, 9.17) is 5.11 Å². The Labute approximate surface area is 150 Å². The van der Waals surface area contributed by atoms with Crippen molar-refractivity contribution >= 4 is 36.6 Å². The Hall–Kier alpha value is -2.01. The van der Waals surface area contributed by atoms with Gasteiger partial charge >= 0.3 is 5.97 Å². The molecule has 0 spiro atoms. The zero-order valence-corrected chi connectivity index (χ0v) is 15.1. The van der Waals surface area contributed by atoms with Gasteiger partial charge in [-0.1, -0.05) is 30.3 Å². The van der Waals surface area contributed by atoms with Gasteiger partial charge in [0.05, 0.1) is 28.5 Å². The van der Waals surface area contributed by atoms with Gasteiger partial charge in [0.15, 0.2) is 9.84 Å². The number of benzene rings is 2. The van der Waals surface area contributed by atoms with Crippen molar-refractivity contribution in [2.75, 3.05) is 18.1 Å². The number of carbonyl (C=O) groups is 1. The molecule has 8 nitrogen and oxygen atoms in total. The molecule has 1 saturated heterocycles. The van der Waals surface area contributed by atoms with E-state index >= 15 is 0 Å². The number of carboxylic acids is 1. The highest BCUT2D eigenvalue weighted by Crippen LogP contribution is 2.27. The van der Waals surface area contributed by atoms with E-state index in [9.17, 15) is 26.7 Å². The summed E-state index contributed by atoms with van der Waals surface area (Å²) >= 11 is 0. The van der Waals surface area contributed by atoms with Gasteiger partial charge in [0, 0.05) is 0 Å². The largest absolute Gasteiger partial charge is 0.480 e. The molecule has 0 amide bonds. The fourth-order valence-corrected chi connectivity index (χ4v) is 6.60. The first-order valence-corrected chi connectivity index (χ1v) is 11.0. The van der Waals surface area contributed by atoms with E-state index in [0.717, 1.165) is 5.39 Å².